The van der Waals surface area contributed by atoms with Gasteiger partial charge in [0, 0.05) is 35.7 Å². The van der Waals surface area contributed by atoms with Gasteiger partial charge in [0.05, 0.1) is 11.6 Å². The zero-order chi connectivity index (χ0) is 22.5. The van der Waals surface area contributed by atoms with Gasteiger partial charge in [0.25, 0.3) is 0 Å². The standard InChI is InChI=1S/C23H19N5O4S/c1-13-2-4-14(5-3-13)17-11-33-23-25-22(26-28(17)23)24-21(30)15-8-20(29)27(10-15)16-6-7-18-19(9-16)32-12-31-18/h2-7,9,11,15H,8,10,12H2,1H3,(H,24,26,30). The summed E-state index contributed by atoms with van der Waals surface area (Å²) in [6, 6.07) is 13.5. The molecule has 2 amide bonds. The highest BCUT2D eigenvalue weighted by atomic mass is 32.1. The first-order valence-electron chi connectivity index (χ1n) is 10.5. The third-order valence-corrected chi connectivity index (χ3v) is 6.64. The van der Waals surface area contributed by atoms with Crippen LogP contribution in [0.2, 0.25) is 0 Å². The summed E-state index contributed by atoms with van der Waals surface area (Å²) < 4.78 is 12.4. The van der Waals surface area contributed by atoms with E-state index >= 15 is 0 Å². The Bertz CT molecular complexity index is 1390. The van der Waals surface area contributed by atoms with E-state index in [4.69, 9.17) is 9.47 Å². The zero-order valence-corrected chi connectivity index (χ0v) is 18.5. The van der Waals surface area contributed by atoms with Crippen molar-refractivity contribution in [1.29, 1.82) is 0 Å². The van der Waals surface area contributed by atoms with Crippen LogP contribution in [0.1, 0.15) is 12.0 Å². The molecule has 1 unspecified atom stereocenters. The summed E-state index contributed by atoms with van der Waals surface area (Å²) in [5.41, 5.74) is 3.80. The second-order valence-electron chi connectivity index (χ2n) is 8.05. The first-order valence-corrected chi connectivity index (χ1v) is 11.4. The van der Waals surface area contributed by atoms with Crippen molar-refractivity contribution >= 4 is 39.7 Å². The highest BCUT2D eigenvalue weighted by Gasteiger charge is 2.36. The maximum Gasteiger partial charge on any atom is 0.250 e. The SMILES string of the molecule is Cc1ccc(-c2csc3nc(NC(=O)C4CC(=O)N(c5ccc6c(c5)OCO6)C4)nn23)cc1. The first kappa shape index (κ1) is 19.7. The lowest BCUT2D eigenvalue weighted by molar-refractivity contribution is -0.122. The van der Waals surface area contributed by atoms with E-state index in [0.29, 0.717) is 22.1 Å². The van der Waals surface area contributed by atoms with Gasteiger partial charge in [-0.05, 0) is 19.1 Å². The lowest BCUT2D eigenvalue weighted by Crippen LogP contribution is -2.28. The number of hydrogen-bond acceptors (Lipinski definition) is 7. The fourth-order valence-electron chi connectivity index (χ4n) is 4.06. The molecule has 1 saturated heterocycles. The molecule has 0 spiro atoms. The number of amides is 2. The number of carbonyl (C=O) groups is 2. The Morgan fingerprint density at radius 2 is 1.97 bits per heavy atom. The van der Waals surface area contributed by atoms with Gasteiger partial charge < -0.3 is 14.4 Å². The van der Waals surface area contributed by atoms with Gasteiger partial charge in [0.2, 0.25) is 29.5 Å². The van der Waals surface area contributed by atoms with Crippen molar-refractivity contribution in [1.82, 2.24) is 14.6 Å². The van der Waals surface area contributed by atoms with Crippen molar-refractivity contribution < 1.29 is 19.1 Å². The molecular formula is C23H19N5O4S. The molecular weight excluding hydrogens is 442 g/mol. The van der Waals surface area contributed by atoms with Gasteiger partial charge in [0.1, 0.15) is 0 Å². The lowest BCUT2D eigenvalue weighted by Gasteiger charge is -2.16. The Hall–Kier alpha value is -3.92. The number of nitrogens with zero attached hydrogens (tertiary/aromatic N) is 4. The topological polar surface area (TPSA) is 98.1 Å². The van der Waals surface area contributed by atoms with Crippen LogP contribution >= 0.6 is 11.3 Å². The Labute approximate surface area is 192 Å². The molecule has 33 heavy (non-hydrogen) atoms. The molecule has 2 aliphatic rings. The Kier molecular flexibility index (Phi) is 4.54. The molecule has 0 bridgehead atoms. The summed E-state index contributed by atoms with van der Waals surface area (Å²) >= 11 is 1.45. The second-order valence-corrected chi connectivity index (χ2v) is 8.89. The molecule has 1 atom stereocenters. The fraction of sp³-hybridized carbons (Fsp3) is 0.217. The normalized spacial score (nSPS) is 17.2. The molecule has 2 aromatic carbocycles. The zero-order valence-electron chi connectivity index (χ0n) is 17.6. The van der Waals surface area contributed by atoms with Crippen molar-refractivity contribution in [2.75, 3.05) is 23.6 Å². The average molecular weight is 462 g/mol. The van der Waals surface area contributed by atoms with Crippen molar-refractivity contribution in [3.63, 3.8) is 0 Å². The van der Waals surface area contributed by atoms with Gasteiger partial charge in [-0.15, -0.1) is 16.4 Å². The highest BCUT2D eigenvalue weighted by Crippen LogP contribution is 2.37. The van der Waals surface area contributed by atoms with Crippen LogP contribution < -0.4 is 19.7 Å². The number of carbonyl (C=O) groups excluding carboxylic acids is 2. The summed E-state index contributed by atoms with van der Waals surface area (Å²) in [6.45, 7) is 2.48. The van der Waals surface area contributed by atoms with Crippen LogP contribution in [0.25, 0.3) is 16.2 Å². The number of nitrogens with one attached hydrogen (secondary N) is 1. The van der Waals surface area contributed by atoms with Gasteiger partial charge in [-0.3, -0.25) is 14.9 Å². The van der Waals surface area contributed by atoms with Crippen molar-refractivity contribution in [3.05, 3.63) is 53.4 Å². The largest absolute Gasteiger partial charge is 0.454 e. The number of anilines is 2. The number of benzene rings is 2. The molecule has 166 valence electrons. The minimum Gasteiger partial charge on any atom is -0.454 e. The summed E-state index contributed by atoms with van der Waals surface area (Å²) in [6.07, 6.45) is 0.122. The molecule has 0 radical (unpaired) electrons. The molecule has 10 heteroatoms. The van der Waals surface area contributed by atoms with Gasteiger partial charge in [0.15, 0.2) is 11.5 Å². The average Bonchev–Trinajstić information content (AvgIpc) is 3.57. The van der Waals surface area contributed by atoms with Crippen LogP contribution in [0.15, 0.2) is 47.8 Å². The van der Waals surface area contributed by atoms with Crippen LogP contribution in [0.3, 0.4) is 0 Å². The molecule has 4 aromatic rings. The molecule has 0 saturated carbocycles. The minimum absolute atomic E-state index is 0.116. The molecule has 2 aliphatic heterocycles. The molecule has 2 aromatic heterocycles. The molecule has 6 rings (SSSR count). The van der Waals surface area contributed by atoms with Gasteiger partial charge in [-0.25, -0.2) is 4.52 Å². The summed E-state index contributed by atoms with van der Waals surface area (Å²) in [7, 11) is 0. The second kappa shape index (κ2) is 7.59. The molecule has 9 nitrogen and oxygen atoms in total. The van der Waals surface area contributed by atoms with Crippen LogP contribution in [-0.4, -0.2) is 39.8 Å². The van der Waals surface area contributed by atoms with E-state index in [1.165, 1.54) is 16.9 Å². The van der Waals surface area contributed by atoms with E-state index in [1.807, 2.05) is 36.6 Å². The quantitative estimate of drug-likeness (QED) is 0.500. The minimum atomic E-state index is -0.499. The van der Waals surface area contributed by atoms with Gasteiger partial charge in [-0.1, -0.05) is 29.8 Å². The Morgan fingerprint density at radius 1 is 1.15 bits per heavy atom. The van der Waals surface area contributed by atoms with E-state index in [1.54, 1.807) is 27.6 Å². The van der Waals surface area contributed by atoms with Crippen LogP contribution in [-0.2, 0) is 9.59 Å². The number of fused-ring (bicyclic) bond motifs is 2. The number of aryl methyl sites for hydroxylation is 1. The molecule has 1 N–H and O–H groups in total. The Balaban J connectivity index is 1.18. The van der Waals surface area contributed by atoms with Crippen molar-refractivity contribution in [3.8, 4) is 22.8 Å². The lowest BCUT2D eigenvalue weighted by atomic mass is 10.1. The number of ether oxygens (including phenoxy) is 2. The van der Waals surface area contributed by atoms with E-state index in [2.05, 4.69) is 15.4 Å². The fourth-order valence-corrected chi connectivity index (χ4v) is 4.89. The van der Waals surface area contributed by atoms with Gasteiger partial charge in [-0.2, -0.15) is 4.98 Å². The third-order valence-electron chi connectivity index (χ3n) is 5.83. The maximum atomic E-state index is 12.9. The third kappa shape index (κ3) is 3.48. The number of thiazole rings is 1. The molecule has 4 heterocycles. The predicted molar refractivity (Wildman–Crippen MR) is 123 cm³/mol. The van der Waals surface area contributed by atoms with E-state index in [9.17, 15) is 9.59 Å². The smallest absolute Gasteiger partial charge is 0.250 e. The van der Waals surface area contributed by atoms with E-state index in [0.717, 1.165) is 11.3 Å². The maximum absolute atomic E-state index is 12.9. The van der Waals surface area contributed by atoms with Gasteiger partial charge >= 0.3 is 0 Å². The molecule has 1 fully saturated rings. The summed E-state index contributed by atoms with van der Waals surface area (Å²) in [5, 5.41) is 9.25. The first-order chi connectivity index (χ1) is 16.0. The Morgan fingerprint density at radius 3 is 2.82 bits per heavy atom. The monoisotopic (exact) mass is 461 g/mol. The van der Waals surface area contributed by atoms with E-state index in [-0.39, 0.29) is 37.5 Å². The highest BCUT2D eigenvalue weighted by molar-refractivity contribution is 7.15. The van der Waals surface area contributed by atoms with Crippen molar-refractivity contribution in [2.45, 2.75) is 13.3 Å². The molecule has 0 aliphatic carbocycles. The van der Waals surface area contributed by atoms with Crippen LogP contribution in [0, 0.1) is 12.8 Å². The van der Waals surface area contributed by atoms with Crippen molar-refractivity contribution in [2.24, 2.45) is 5.92 Å². The number of aromatic nitrogens is 3. The number of hydrogen-bond donors (Lipinski definition) is 1. The summed E-state index contributed by atoms with van der Waals surface area (Å²) in [5.74, 6) is 0.585. The predicted octanol–water partition coefficient (Wildman–Crippen LogP) is 3.49. The van der Waals surface area contributed by atoms with E-state index < -0.39 is 5.92 Å². The summed E-state index contributed by atoms with van der Waals surface area (Å²) in [4.78, 5) is 32.2. The van der Waals surface area contributed by atoms with Crippen LogP contribution in [0.5, 0.6) is 11.5 Å². The van der Waals surface area contributed by atoms with Crippen LogP contribution in [0.4, 0.5) is 11.6 Å². The number of rotatable bonds is 4.